The number of amides is 3. The van der Waals surface area contributed by atoms with Gasteiger partial charge < -0.3 is 20.1 Å². The molecule has 3 aromatic heterocycles. The molecule has 0 spiro atoms. The number of fused-ring (bicyclic) bond motifs is 1. The molecule has 13 nitrogen and oxygen atoms in total. The van der Waals surface area contributed by atoms with Crippen molar-refractivity contribution >= 4 is 29.1 Å². The molecule has 2 aliphatic heterocycles. The first-order valence-electron chi connectivity index (χ1n) is 19.0. The van der Waals surface area contributed by atoms with Gasteiger partial charge in [0, 0.05) is 41.9 Å². The number of nitrogens with one attached hydrogen (secondary N) is 3. The standard InChI is InChI=1S/C41H49N9O4/c1-26-23-29(8-9-30(26)25-43-39(53)37-46-40(54-48-37)41(2,3)4)34-16-19-42-35-24-32(47-50(34)35)7-5-6-20-49-21-17-28(18-22-49)27-10-12-31(13-11-27)44-33-14-15-36(51)45-38(33)52/h8-13,16,19,23-24,28,33,44H,5-7,14-15,17-18,20-22,25H2,1-4H3,(H,43,53)(H,45,51,52). The molecule has 282 valence electrons. The minimum absolute atomic E-state index is 0.0339. The highest BCUT2D eigenvalue weighted by atomic mass is 16.5. The van der Waals surface area contributed by atoms with Gasteiger partial charge >= 0.3 is 0 Å². The van der Waals surface area contributed by atoms with Gasteiger partial charge in [-0.25, -0.2) is 9.50 Å². The van der Waals surface area contributed by atoms with E-state index in [1.807, 2.05) is 62.7 Å². The second kappa shape index (κ2) is 15.9. The van der Waals surface area contributed by atoms with E-state index in [-0.39, 0.29) is 35.0 Å². The molecule has 5 aromatic rings. The van der Waals surface area contributed by atoms with Crippen LogP contribution in [0.2, 0.25) is 0 Å². The molecule has 3 amide bonds. The molecule has 5 heterocycles. The number of rotatable bonds is 12. The Morgan fingerprint density at radius 2 is 1.80 bits per heavy atom. The Labute approximate surface area is 315 Å². The predicted octanol–water partition coefficient (Wildman–Crippen LogP) is 5.73. The number of likely N-dealkylation sites (tertiary alicyclic amines) is 1. The summed E-state index contributed by atoms with van der Waals surface area (Å²) in [7, 11) is 0. The molecule has 1 unspecified atom stereocenters. The number of benzene rings is 2. The van der Waals surface area contributed by atoms with Crippen molar-refractivity contribution in [3.8, 4) is 11.3 Å². The van der Waals surface area contributed by atoms with Gasteiger partial charge in [-0.3, -0.25) is 19.7 Å². The predicted molar refractivity (Wildman–Crippen MR) is 205 cm³/mol. The third-order valence-electron chi connectivity index (χ3n) is 10.5. The van der Waals surface area contributed by atoms with E-state index >= 15 is 0 Å². The van der Waals surface area contributed by atoms with E-state index in [2.05, 4.69) is 66.3 Å². The van der Waals surface area contributed by atoms with Crippen LogP contribution in [0.5, 0.6) is 0 Å². The van der Waals surface area contributed by atoms with Crippen LogP contribution in [-0.2, 0) is 28.0 Å². The average Bonchev–Trinajstić information content (AvgIpc) is 3.83. The Bertz CT molecular complexity index is 2120. The molecular formula is C41H49N9O4. The van der Waals surface area contributed by atoms with Gasteiger partial charge in [0.05, 0.1) is 11.4 Å². The topological polar surface area (TPSA) is 160 Å². The Morgan fingerprint density at radius 1 is 1.00 bits per heavy atom. The zero-order valence-corrected chi connectivity index (χ0v) is 31.5. The number of carbonyl (C=O) groups excluding carboxylic acids is 3. The van der Waals surface area contributed by atoms with Gasteiger partial charge in [-0.2, -0.15) is 10.1 Å². The van der Waals surface area contributed by atoms with Crippen LogP contribution in [0, 0.1) is 6.92 Å². The summed E-state index contributed by atoms with van der Waals surface area (Å²) in [6, 6.07) is 18.3. The Morgan fingerprint density at radius 3 is 2.52 bits per heavy atom. The summed E-state index contributed by atoms with van der Waals surface area (Å²) >= 11 is 0. The molecule has 0 saturated carbocycles. The average molecular weight is 732 g/mol. The number of hydrogen-bond acceptors (Lipinski definition) is 10. The van der Waals surface area contributed by atoms with E-state index < -0.39 is 0 Å². The second-order valence-corrected chi connectivity index (χ2v) is 15.6. The summed E-state index contributed by atoms with van der Waals surface area (Å²) in [5.74, 6) is 0.178. The maximum Gasteiger partial charge on any atom is 0.292 e. The molecule has 7 rings (SSSR count). The van der Waals surface area contributed by atoms with Crippen LogP contribution in [0.3, 0.4) is 0 Å². The van der Waals surface area contributed by atoms with Gasteiger partial charge in [0.1, 0.15) is 6.04 Å². The van der Waals surface area contributed by atoms with Crippen molar-refractivity contribution in [2.45, 2.75) is 96.6 Å². The highest BCUT2D eigenvalue weighted by molar-refractivity contribution is 6.01. The molecule has 54 heavy (non-hydrogen) atoms. The number of unbranched alkanes of at least 4 members (excludes halogenated alkanes) is 1. The van der Waals surface area contributed by atoms with Gasteiger partial charge in [-0.05, 0) is 112 Å². The molecule has 0 radical (unpaired) electrons. The van der Waals surface area contributed by atoms with Crippen molar-refractivity contribution in [1.29, 1.82) is 0 Å². The number of nitrogens with zero attached hydrogens (tertiary/aromatic N) is 6. The Kier molecular flexibility index (Phi) is 10.9. The third kappa shape index (κ3) is 8.68. The highest BCUT2D eigenvalue weighted by Gasteiger charge is 2.27. The molecular weight excluding hydrogens is 683 g/mol. The lowest BCUT2D eigenvalue weighted by atomic mass is 9.89. The summed E-state index contributed by atoms with van der Waals surface area (Å²) in [4.78, 5) is 47.6. The zero-order chi connectivity index (χ0) is 37.8. The van der Waals surface area contributed by atoms with E-state index in [1.54, 1.807) is 0 Å². The minimum Gasteiger partial charge on any atom is -0.374 e. The van der Waals surface area contributed by atoms with Crippen molar-refractivity contribution in [2.24, 2.45) is 0 Å². The molecule has 3 N–H and O–H groups in total. The van der Waals surface area contributed by atoms with Gasteiger partial charge in [0.25, 0.3) is 11.7 Å². The van der Waals surface area contributed by atoms with Crippen LogP contribution in [0.15, 0.2) is 65.3 Å². The van der Waals surface area contributed by atoms with Crippen LogP contribution < -0.4 is 16.0 Å². The fourth-order valence-corrected chi connectivity index (χ4v) is 7.23. The molecule has 2 aliphatic rings. The van der Waals surface area contributed by atoms with Crippen molar-refractivity contribution in [2.75, 3.05) is 25.0 Å². The first kappa shape index (κ1) is 36.9. The second-order valence-electron chi connectivity index (χ2n) is 15.6. The molecule has 2 fully saturated rings. The van der Waals surface area contributed by atoms with Gasteiger partial charge in [-0.15, -0.1) is 0 Å². The highest BCUT2D eigenvalue weighted by Crippen LogP contribution is 2.30. The quantitative estimate of drug-likeness (QED) is 0.107. The third-order valence-corrected chi connectivity index (χ3v) is 10.5. The first-order valence-corrected chi connectivity index (χ1v) is 19.0. The van der Waals surface area contributed by atoms with Gasteiger partial charge in [0.2, 0.25) is 17.7 Å². The van der Waals surface area contributed by atoms with Crippen LogP contribution in [-0.4, -0.2) is 73.0 Å². The Balaban J connectivity index is 0.864. The summed E-state index contributed by atoms with van der Waals surface area (Å²) in [5.41, 5.74) is 7.83. The number of carbonyl (C=O) groups is 3. The van der Waals surface area contributed by atoms with E-state index in [1.165, 1.54) is 5.56 Å². The van der Waals surface area contributed by atoms with Gasteiger partial charge in [0.15, 0.2) is 5.65 Å². The largest absolute Gasteiger partial charge is 0.374 e. The van der Waals surface area contributed by atoms with Crippen molar-refractivity contribution in [3.05, 3.63) is 94.9 Å². The lowest BCUT2D eigenvalue weighted by molar-refractivity contribution is -0.133. The summed E-state index contributed by atoms with van der Waals surface area (Å²) < 4.78 is 7.19. The fourth-order valence-electron chi connectivity index (χ4n) is 7.23. The molecule has 0 aliphatic carbocycles. The van der Waals surface area contributed by atoms with E-state index in [0.29, 0.717) is 31.2 Å². The van der Waals surface area contributed by atoms with Crippen molar-refractivity contribution in [3.63, 3.8) is 0 Å². The fraction of sp³-hybridized carbons (Fsp3) is 0.439. The first-order chi connectivity index (χ1) is 26.0. The van der Waals surface area contributed by atoms with Crippen molar-refractivity contribution < 1.29 is 18.9 Å². The SMILES string of the molecule is Cc1cc(-c2ccnc3cc(CCCCN4CCC(c5ccc(NC6CCC(=O)NC6=O)cc5)CC4)nn23)ccc1CNC(=O)c1noc(C(C)(C)C)n1. The van der Waals surface area contributed by atoms with Crippen LogP contribution in [0.4, 0.5) is 5.69 Å². The zero-order valence-electron chi connectivity index (χ0n) is 31.5. The van der Waals surface area contributed by atoms with Crippen molar-refractivity contribution in [1.82, 2.24) is 40.3 Å². The number of aromatic nitrogens is 5. The van der Waals surface area contributed by atoms with E-state index in [4.69, 9.17) is 9.62 Å². The van der Waals surface area contributed by atoms with E-state index in [9.17, 15) is 14.4 Å². The van der Waals surface area contributed by atoms with Crippen LogP contribution >= 0.6 is 0 Å². The molecule has 1 atom stereocenters. The maximum atomic E-state index is 12.7. The molecule has 13 heteroatoms. The normalized spacial score (nSPS) is 17.1. The molecule has 0 bridgehead atoms. The van der Waals surface area contributed by atoms with Crippen LogP contribution in [0.25, 0.3) is 16.9 Å². The minimum atomic E-state index is -0.371. The number of anilines is 1. The number of imide groups is 1. The smallest absolute Gasteiger partial charge is 0.292 e. The Hall–Kier alpha value is -5.43. The van der Waals surface area contributed by atoms with E-state index in [0.717, 1.165) is 91.2 Å². The lowest BCUT2D eigenvalue weighted by Crippen LogP contribution is -2.47. The summed E-state index contributed by atoms with van der Waals surface area (Å²) in [5, 5.41) is 17.4. The molecule has 2 saturated heterocycles. The molecule has 2 aromatic carbocycles. The summed E-state index contributed by atoms with van der Waals surface area (Å²) in [6.07, 6.45) is 8.05. The number of piperidine rings is 2. The van der Waals surface area contributed by atoms with Crippen LogP contribution in [0.1, 0.15) is 104 Å². The monoisotopic (exact) mass is 731 g/mol. The number of hydrogen-bond donors (Lipinski definition) is 3. The van der Waals surface area contributed by atoms with Gasteiger partial charge in [-0.1, -0.05) is 50.2 Å². The maximum absolute atomic E-state index is 12.7. The summed E-state index contributed by atoms with van der Waals surface area (Å²) in [6.45, 7) is 11.5. The number of aryl methyl sites for hydroxylation is 2. The lowest BCUT2D eigenvalue weighted by Gasteiger charge is -2.32.